The van der Waals surface area contributed by atoms with E-state index in [2.05, 4.69) is 10.3 Å². The van der Waals surface area contributed by atoms with Gasteiger partial charge in [-0.25, -0.2) is 9.78 Å². The number of anilines is 1. The molecule has 1 heterocycles. The first-order valence-corrected chi connectivity index (χ1v) is 13.1. The number of benzene rings is 1. The lowest BCUT2D eigenvalue weighted by Gasteiger charge is -2.34. The van der Waals surface area contributed by atoms with Gasteiger partial charge in [0.2, 0.25) is 0 Å². The zero-order valence-corrected chi connectivity index (χ0v) is 21.1. The minimum atomic E-state index is -0.826. The number of methoxy groups -OCH3 is 1. The molecule has 2 aromatic rings. The number of urea groups is 1. The predicted octanol–water partition coefficient (Wildman–Crippen LogP) is 5.76. The van der Waals surface area contributed by atoms with Gasteiger partial charge in [0.1, 0.15) is 5.75 Å². The smallest absolute Gasteiger partial charge is 0.323 e. The third kappa shape index (κ3) is 7.37. The van der Waals surface area contributed by atoms with E-state index in [9.17, 15) is 14.7 Å². The van der Waals surface area contributed by atoms with Crippen LogP contribution in [0.5, 0.6) is 5.75 Å². The average Bonchev–Trinajstić information content (AvgIpc) is 3.26. The molecule has 1 fully saturated rings. The number of hydrogen-bond donors (Lipinski definition) is 2. The summed E-state index contributed by atoms with van der Waals surface area (Å²) >= 11 is 2.83. The number of carboxylic acid groups (broad SMARTS) is 1. The largest absolute Gasteiger partial charge is 0.497 e. The molecule has 0 saturated heterocycles. The van der Waals surface area contributed by atoms with Gasteiger partial charge in [0, 0.05) is 18.3 Å². The number of nitrogens with zero attached hydrogens (tertiary/aromatic N) is 2. The lowest BCUT2D eigenvalue weighted by atomic mass is 9.94. The van der Waals surface area contributed by atoms with Crippen LogP contribution in [0.3, 0.4) is 0 Å². The number of ether oxygens (including phenoxy) is 1. The molecule has 1 aromatic carbocycles. The summed E-state index contributed by atoms with van der Waals surface area (Å²) in [4.78, 5) is 30.9. The van der Waals surface area contributed by atoms with E-state index in [-0.39, 0.29) is 12.1 Å². The first-order valence-electron chi connectivity index (χ1n) is 11.3. The molecule has 0 radical (unpaired) electrons. The minimum absolute atomic E-state index is 0.118. The van der Waals surface area contributed by atoms with Crippen LogP contribution in [-0.4, -0.2) is 52.4 Å². The fraction of sp³-hybridized carbons (Fsp3) is 0.542. The number of thioether (sulfide) groups is 1. The molecule has 9 heteroatoms. The predicted molar refractivity (Wildman–Crippen MR) is 134 cm³/mol. The van der Waals surface area contributed by atoms with Crippen LogP contribution in [0.1, 0.15) is 51.5 Å². The molecule has 2 N–H and O–H groups in total. The summed E-state index contributed by atoms with van der Waals surface area (Å²) < 4.78 is 6.12. The summed E-state index contributed by atoms with van der Waals surface area (Å²) in [5.74, 6) is 0.436. The molecule has 0 atom stereocenters. The topological polar surface area (TPSA) is 91.8 Å². The van der Waals surface area contributed by atoms with E-state index in [1.165, 1.54) is 35.1 Å². The van der Waals surface area contributed by atoms with Crippen molar-refractivity contribution in [1.29, 1.82) is 0 Å². The summed E-state index contributed by atoms with van der Waals surface area (Å²) in [6, 6.07) is 8.09. The Morgan fingerprint density at radius 1 is 1.24 bits per heavy atom. The summed E-state index contributed by atoms with van der Waals surface area (Å²) in [6.07, 6.45) is 8.05. The summed E-state index contributed by atoms with van der Waals surface area (Å²) in [6.45, 7) is 4.05. The van der Waals surface area contributed by atoms with Crippen LogP contribution in [0, 0.1) is 5.41 Å². The number of amides is 2. The zero-order valence-electron chi connectivity index (χ0n) is 19.5. The van der Waals surface area contributed by atoms with Crippen LogP contribution in [0.15, 0.2) is 34.7 Å². The molecule has 0 aliphatic heterocycles. The van der Waals surface area contributed by atoms with Gasteiger partial charge in [-0.15, -0.1) is 11.8 Å². The van der Waals surface area contributed by atoms with E-state index in [0.717, 1.165) is 42.1 Å². The Bertz CT molecular complexity index is 924. The maximum absolute atomic E-state index is 13.2. The zero-order chi connectivity index (χ0) is 23.8. The molecule has 0 unspecified atom stereocenters. The number of carboxylic acids is 1. The lowest BCUT2D eigenvalue weighted by Crippen LogP contribution is -2.45. The van der Waals surface area contributed by atoms with Gasteiger partial charge in [-0.2, -0.15) is 0 Å². The lowest BCUT2D eigenvalue weighted by molar-refractivity contribution is -0.145. The Morgan fingerprint density at radius 2 is 1.94 bits per heavy atom. The van der Waals surface area contributed by atoms with Crippen LogP contribution in [0.25, 0.3) is 0 Å². The second-order valence-electron chi connectivity index (χ2n) is 8.98. The third-order valence-corrected chi connectivity index (χ3v) is 8.50. The number of aromatic nitrogens is 1. The number of carbonyl (C=O) groups excluding carboxylic acids is 1. The van der Waals surface area contributed by atoms with E-state index < -0.39 is 11.4 Å². The highest BCUT2D eigenvalue weighted by atomic mass is 32.2. The molecule has 1 aliphatic carbocycles. The molecular weight excluding hydrogens is 458 g/mol. The fourth-order valence-electron chi connectivity index (χ4n) is 3.74. The fourth-order valence-corrected chi connectivity index (χ4v) is 5.69. The summed E-state index contributed by atoms with van der Waals surface area (Å²) in [5, 5.41) is 12.8. The number of hydrogen-bond acceptors (Lipinski definition) is 6. The highest BCUT2D eigenvalue weighted by Gasteiger charge is 2.28. The molecule has 0 bridgehead atoms. The number of carbonyl (C=O) groups is 2. The molecule has 3 rings (SSSR count). The van der Waals surface area contributed by atoms with Crippen molar-refractivity contribution in [2.45, 2.75) is 62.6 Å². The maximum atomic E-state index is 13.2. The van der Waals surface area contributed by atoms with Crippen molar-refractivity contribution in [3.63, 3.8) is 0 Å². The van der Waals surface area contributed by atoms with Crippen molar-refractivity contribution in [2.75, 3.05) is 24.7 Å². The Balaban J connectivity index is 1.62. The number of rotatable bonds is 10. The number of nitrogens with one attached hydrogen (secondary N) is 1. The SMILES string of the molecule is COc1ccc(CCN(C(=O)Nc2ncc(SCC(C)(C)C(=O)O)s2)C2CCCCC2)cc1. The van der Waals surface area contributed by atoms with E-state index in [0.29, 0.717) is 17.4 Å². The van der Waals surface area contributed by atoms with Crippen LogP contribution >= 0.6 is 23.1 Å². The van der Waals surface area contributed by atoms with Crippen LogP contribution in [-0.2, 0) is 11.2 Å². The monoisotopic (exact) mass is 491 g/mol. The van der Waals surface area contributed by atoms with Crippen LogP contribution in [0.4, 0.5) is 9.93 Å². The molecule has 1 saturated carbocycles. The van der Waals surface area contributed by atoms with Gasteiger partial charge in [-0.1, -0.05) is 42.7 Å². The Hall–Kier alpha value is -2.26. The Kier molecular flexibility index (Phi) is 9.02. The minimum Gasteiger partial charge on any atom is -0.497 e. The van der Waals surface area contributed by atoms with Crippen molar-refractivity contribution in [2.24, 2.45) is 5.41 Å². The normalized spacial score (nSPS) is 14.6. The number of thiazole rings is 1. The van der Waals surface area contributed by atoms with Crippen molar-refractivity contribution >= 4 is 40.2 Å². The van der Waals surface area contributed by atoms with Gasteiger partial charge in [-0.05, 0) is 50.8 Å². The van der Waals surface area contributed by atoms with E-state index >= 15 is 0 Å². The van der Waals surface area contributed by atoms with Crippen LogP contribution in [0.2, 0.25) is 0 Å². The van der Waals surface area contributed by atoms with Gasteiger partial charge in [0.05, 0.1) is 22.9 Å². The molecule has 0 spiro atoms. The van der Waals surface area contributed by atoms with Gasteiger partial charge >= 0.3 is 12.0 Å². The third-order valence-electron chi connectivity index (χ3n) is 5.93. The van der Waals surface area contributed by atoms with Gasteiger partial charge in [-0.3, -0.25) is 10.1 Å². The van der Waals surface area contributed by atoms with Gasteiger partial charge in [0.15, 0.2) is 5.13 Å². The molecule has 1 aliphatic rings. The average molecular weight is 492 g/mol. The van der Waals surface area contributed by atoms with Crippen molar-refractivity contribution in [3.05, 3.63) is 36.0 Å². The van der Waals surface area contributed by atoms with Crippen molar-refractivity contribution in [3.8, 4) is 5.75 Å². The summed E-state index contributed by atoms with van der Waals surface area (Å²) in [5.41, 5.74) is 0.343. The van der Waals surface area contributed by atoms with Crippen molar-refractivity contribution < 1.29 is 19.4 Å². The van der Waals surface area contributed by atoms with E-state index in [1.807, 2.05) is 29.2 Å². The molecular formula is C24H33N3O4S2. The highest BCUT2D eigenvalue weighted by molar-refractivity contribution is 8.01. The first kappa shape index (κ1) is 25.4. The van der Waals surface area contributed by atoms with Crippen LogP contribution < -0.4 is 10.1 Å². The second-order valence-corrected chi connectivity index (χ2v) is 11.3. The van der Waals surface area contributed by atoms with E-state index in [1.54, 1.807) is 27.2 Å². The standard InChI is InChI=1S/C24H33N3O4S2/c1-24(2,21(28)29)16-32-20-15-25-22(33-20)26-23(30)27(18-7-5-4-6-8-18)14-13-17-9-11-19(31-3)12-10-17/h9-12,15,18H,4-8,13-14,16H2,1-3H3,(H,28,29)(H,25,26,30). The second kappa shape index (κ2) is 11.7. The first-order chi connectivity index (χ1) is 15.8. The quantitative estimate of drug-likeness (QED) is 0.410. The molecule has 1 aromatic heterocycles. The molecule has 2 amide bonds. The van der Waals surface area contributed by atoms with Gasteiger partial charge < -0.3 is 14.7 Å². The van der Waals surface area contributed by atoms with Gasteiger partial charge in [0.25, 0.3) is 0 Å². The molecule has 7 nitrogen and oxygen atoms in total. The van der Waals surface area contributed by atoms with E-state index in [4.69, 9.17) is 4.74 Å². The molecule has 33 heavy (non-hydrogen) atoms. The Morgan fingerprint density at radius 3 is 2.58 bits per heavy atom. The van der Waals surface area contributed by atoms with Crippen molar-refractivity contribution in [1.82, 2.24) is 9.88 Å². The highest BCUT2D eigenvalue weighted by Crippen LogP contribution is 2.33. The Labute approximate surface area is 203 Å². The molecule has 180 valence electrons. The number of aliphatic carboxylic acids is 1. The maximum Gasteiger partial charge on any atom is 0.323 e. The summed E-state index contributed by atoms with van der Waals surface area (Å²) in [7, 11) is 1.65.